The van der Waals surface area contributed by atoms with Crippen LogP contribution in [0.5, 0.6) is 5.75 Å². The molecule has 2 aromatic rings. The molecule has 100 valence electrons. The summed E-state index contributed by atoms with van der Waals surface area (Å²) in [5, 5.41) is 13.4. The molecule has 1 N–H and O–H groups in total. The molecule has 1 heterocycles. The van der Waals surface area contributed by atoms with Crippen molar-refractivity contribution >= 4 is 17.5 Å². The monoisotopic (exact) mass is 281 g/mol. The average molecular weight is 282 g/mol. The Balaban J connectivity index is 1.81. The van der Waals surface area contributed by atoms with E-state index in [-0.39, 0.29) is 11.7 Å². The van der Waals surface area contributed by atoms with Crippen LogP contribution in [0.15, 0.2) is 24.3 Å². The Hall–Kier alpha value is -2.15. The van der Waals surface area contributed by atoms with Crippen LogP contribution in [0.1, 0.15) is 10.6 Å². The van der Waals surface area contributed by atoms with Crippen LogP contribution in [0.25, 0.3) is 0 Å². The fourth-order valence-electron chi connectivity index (χ4n) is 1.38. The zero-order valence-electron chi connectivity index (χ0n) is 10.2. The van der Waals surface area contributed by atoms with Crippen LogP contribution in [-0.4, -0.2) is 51.6 Å². The van der Waals surface area contributed by atoms with Crippen molar-refractivity contribution in [1.29, 1.82) is 0 Å². The quantitative estimate of drug-likeness (QED) is 0.884. The molecule has 1 aromatic carbocycles. The van der Waals surface area contributed by atoms with E-state index in [0.29, 0.717) is 23.9 Å². The summed E-state index contributed by atoms with van der Waals surface area (Å²) >= 11 is 5.83. The number of ether oxygens (including phenoxy) is 1. The number of nitrogens with one attached hydrogen (secondary N) is 1. The van der Waals surface area contributed by atoms with E-state index in [0.717, 1.165) is 0 Å². The second kappa shape index (κ2) is 6.14. The number of amides is 1. The Morgan fingerprint density at radius 3 is 3.05 bits per heavy atom. The molecule has 0 bridgehead atoms. The van der Waals surface area contributed by atoms with E-state index in [4.69, 9.17) is 16.3 Å². The molecule has 0 saturated carbocycles. The van der Waals surface area contributed by atoms with E-state index >= 15 is 0 Å². The molecule has 7 nitrogen and oxygen atoms in total. The Morgan fingerprint density at radius 1 is 1.53 bits per heavy atom. The lowest BCUT2D eigenvalue weighted by Crippen LogP contribution is -2.31. The number of nitrogens with zero attached hydrogens (tertiary/aromatic N) is 4. The minimum atomic E-state index is -0.316. The zero-order valence-corrected chi connectivity index (χ0v) is 11.0. The third kappa shape index (κ3) is 3.65. The molecule has 0 aliphatic rings. The van der Waals surface area contributed by atoms with Crippen molar-refractivity contribution in [3.05, 3.63) is 35.1 Å². The summed E-state index contributed by atoms with van der Waals surface area (Å²) in [6.45, 7) is 0.750. The summed E-state index contributed by atoms with van der Waals surface area (Å²) in [6.07, 6.45) is 0. The van der Waals surface area contributed by atoms with Gasteiger partial charge in [0.2, 0.25) is 0 Å². The largest absolute Gasteiger partial charge is 0.492 e. The standard InChI is InChI=1S/C11H12ClN5O2/c1-17(11(18)10-13-15-16-14-10)5-6-19-9-4-2-3-8(12)7-9/h2-4,7H,5-6H2,1H3,(H,13,14,15,16). The maximum Gasteiger partial charge on any atom is 0.295 e. The van der Waals surface area contributed by atoms with Crippen molar-refractivity contribution in [2.45, 2.75) is 0 Å². The van der Waals surface area contributed by atoms with Gasteiger partial charge in [0.15, 0.2) is 0 Å². The smallest absolute Gasteiger partial charge is 0.295 e. The van der Waals surface area contributed by atoms with Gasteiger partial charge in [-0.15, -0.1) is 10.2 Å². The van der Waals surface area contributed by atoms with E-state index < -0.39 is 0 Å². The Labute approximate surface area is 114 Å². The first-order valence-electron chi connectivity index (χ1n) is 5.54. The van der Waals surface area contributed by atoms with E-state index in [9.17, 15) is 4.79 Å². The molecule has 0 fully saturated rings. The van der Waals surface area contributed by atoms with Gasteiger partial charge in [0.25, 0.3) is 11.7 Å². The number of aromatic amines is 1. The second-order valence-electron chi connectivity index (χ2n) is 3.77. The highest BCUT2D eigenvalue weighted by molar-refractivity contribution is 6.30. The molecule has 1 aromatic heterocycles. The summed E-state index contributed by atoms with van der Waals surface area (Å²) in [4.78, 5) is 13.2. The minimum Gasteiger partial charge on any atom is -0.492 e. The summed E-state index contributed by atoms with van der Waals surface area (Å²) < 4.78 is 5.48. The van der Waals surface area contributed by atoms with E-state index in [2.05, 4.69) is 20.6 Å². The molecule has 8 heteroatoms. The number of carbonyl (C=O) groups is 1. The number of halogens is 1. The SMILES string of the molecule is CN(CCOc1cccc(Cl)c1)C(=O)c1nn[nH]n1. The maximum absolute atomic E-state index is 11.8. The van der Waals surface area contributed by atoms with Gasteiger partial charge in [0, 0.05) is 12.1 Å². The van der Waals surface area contributed by atoms with Gasteiger partial charge in [-0.05, 0) is 23.4 Å². The first-order valence-corrected chi connectivity index (χ1v) is 5.92. The number of benzene rings is 1. The normalized spacial score (nSPS) is 10.2. The number of hydrogen-bond donors (Lipinski definition) is 1. The molecular weight excluding hydrogens is 270 g/mol. The fourth-order valence-corrected chi connectivity index (χ4v) is 1.56. The average Bonchev–Trinajstić information content (AvgIpc) is 2.91. The molecule has 0 spiro atoms. The Morgan fingerprint density at radius 2 is 2.37 bits per heavy atom. The lowest BCUT2D eigenvalue weighted by molar-refractivity contribution is 0.0762. The molecule has 2 rings (SSSR count). The van der Waals surface area contributed by atoms with Gasteiger partial charge in [-0.1, -0.05) is 17.7 Å². The fraction of sp³-hybridized carbons (Fsp3) is 0.273. The van der Waals surface area contributed by atoms with E-state index in [1.54, 1.807) is 31.3 Å². The van der Waals surface area contributed by atoms with Gasteiger partial charge in [-0.3, -0.25) is 4.79 Å². The number of carbonyl (C=O) groups excluding carboxylic acids is 1. The lowest BCUT2D eigenvalue weighted by atomic mass is 10.3. The van der Waals surface area contributed by atoms with Crippen molar-refractivity contribution in [3.63, 3.8) is 0 Å². The summed E-state index contributed by atoms with van der Waals surface area (Å²) in [7, 11) is 1.64. The maximum atomic E-state index is 11.8. The van der Waals surface area contributed by atoms with Gasteiger partial charge < -0.3 is 9.64 Å². The molecule has 0 radical (unpaired) electrons. The summed E-state index contributed by atoms with van der Waals surface area (Å²) in [5.41, 5.74) is 0. The van der Waals surface area contributed by atoms with Crippen LogP contribution in [0.4, 0.5) is 0 Å². The van der Waals surface area contributed by atoms with Gasteiger partial charge >= 0.3 is 0 Å². The van der Waals surface area contributed by atoms with Gasteiger partial charge in [0.1, 0.15) is 12.4 Å². The van der Waals surface area contributed by atoms with Crippen molar-refractivity contribution in [3.8, 4) is 5.75 Å². The van der Waals surface area contributed by atoms with Crippen LogP contribution in [0.3, 0.4) is 0 Å². The molecule has 19 heavy (non-hydrogen) atoms. The third-order valence-electron chi connectivity index (χ3n) is 2.37. The van der Waals surface area contributed by atoms with Crippen molar-refractivity contribution in [1.82, 2.24) is 25.5 Å². The molecule has 0 saturated heterocycles. The van der Waals surface area contributed by atoms with Crippen LogP contribution in [0, 0.1) is 0 Å². The summed E-state index contributed by atoms with van der Waals surface area (Å²) in [6, 6.07) is 7.07. The first-order chi connectivity index (χ1) is 9.16. The van der Waals surface area contributed by atoms with E-state index in [1.807, 2.05) is 0 Å². The first kappa shape index (κ1) is 13.3. The van der Waals surface area contributed by atoms with Crippen molar-refractivity contribution in [2.24, 2.45) is 0 Å². The van der Waals surface area contributed by atoms with Crippen LogP contribution < -0.4 is 4.74 Å². The van der Waals surface area contributed by atoms with Crippen molar-refractivity contribution < 1.29 is 9.53 Å². The molecule has 0 aliphatic heterocycles. The van der Waals surface area contributed by atoms with Crippen LogP contribution in [-0.2, 0) is 0 Å². The highest BCUT2D eigenvalue weighted by Crippen LogP contribution is 2.16. The molecule has 1 amide bonds. The number of hydrogen-bond acceptors (Lipinski definition) is 5. The summed E-state index contributed by atoms with van der Waals surface area (Å²) in [5.74, 6) is 0.376. The zero-order chi connectivity index (χ0) is 13.7. The Kier molecular flexibility index (Phi) is 4.30. The predicted molar refractivity (Wildman–Crippen MR) is 68.1 cm³/mol. The topological polar surface area (TPSA) is 84.0 Å². The molecule has 0 aliphatic carbocycles. The van der Waals surface area contributed by atoms with E-state index in [1.165, 1.54) is 4.90 Å². The molecule has 0 atom stereocenters. The number of aromatic nitrogens is 4. The van der Waals surface area contributed by atoms with Gasteiger partial charge in [-0.25, -0.2) is 0 Å². The van der Waals surface area contributed by atoms with Crippen LogP contribution >= 0.6 is 11.6 Å². The third-order valence-corrected chi connectivity index (χ3v) is 2.61. The number of likely N-dealkylation sites (N-methyl/N-ethyl adjacent to an activating group) is 1. The highest BCUT2D eigenvalue weighted by Gasteiger charge is 2.15. The van der Waals surface area contributed by atoms with Gasteiger partial charge in [0.05, 0.1) is 6.54 Å². The second-order valence-corrected chi connectivity index (χ2v) is 4.20. The minimum absolute atomic E-state index is 0.0326. The lowest BCUT2D eigenvalue weighted by Gasteiger charge is -2.15. The number of tetrazole rings is 1. The number of H-pyrrole nitrogens is 1. The molecular formula is C11H12ClN5O2. The highest BCUT2D eigenvalue weighted by atomic mass is 35.5. The van der Waals surface area contributed by atoms with Crippen molar-refractivity contribution in [2.75, 3.05) is 20.2 Å². The Bertz CT molecular complexity index is 546. The predicted octanol–water partition coefficient (Wildman–Crippen LogP) is 1.00. The number of rotatable bonds is 5. The van der Waals surface area contributed by atoms with Gasteiger partial charge in [-0.2, -0.15) is 5.21 Å². The van der Waals surface area contributed by atoms with Crippen LogP contribution in [0.2, 0.25) is 5.02 Å². The molecule has 0 unspecified atom stereocenters.